The SMILES string of the molecule is CCCCCC(C)NC(=S)Nc1sc(CC)cc1C(=O)OC. The van der Waals surface area contributed by atoms with Gasteiger partial charge >= 0.3 is 5.97 Å². The van der Waals surface area contributed by atoms with Crippen LogP contribution in [0, 0.1) is 0 Å². The van der Waals surface area contributed by atoms with Crippen LogP contribution in [0.15, 0.2) is 6.07 Å². The molecule has 0 radical (unpaired) electrons. The summed E-state index contributed by atoms with van der Waals surface area (Å²) in [5.41, 5.74) is 0.548. The van der Waals surface area contributed by atoms with Gasteiger partial charge in [-0.2, -0.15) is 0 Å². The first-order chi connectivity index (χ1) is 10.5. The first-order valence-electron chi connectivity index (χ1n) is 7.80. The predicted octanol–water partition coefficient (Wildman–Crippen LogP) is 4.35. The molecular formula is C16H26N2O2S2. The molecule has 124 valence electrons. The minimum absolute atomic E-state index is 0.318. The molecular weight excluding hydrogens is 316 g/mol. The number of thiophene rings is 1. The second-order valence-electron chi connectivity index (χ2n) is 5.30. The van der Waals surface area contributed by atoms with Crippen molar-refractivity contribution in [2.24, 2.45) is 0 Å². The molecule has 1 atom stereocenters. The Hall–Kier alpha value is -1.14. The maximum absolute atomic E-state index is 11.8. The molecule has 0 amide bonds. The Kier molecular flexibility index (Phi) is 8.42. The van der Waals surface area contributed by atoms with E-state index in [0.717, 1.165) is 22.7 Å². The Morgan fingerprint density at radius 1 is 1.41 bits per heavy atom. The van der Waals surface area contributed by atoms with Crippen LogP contribution in [0.25, 0.3) is 0 Å². The highest BCUT2D eigenvalue weighted by Crippen LogP contribution is 2.29. The van der Waals surface area contributed by atoms with Gasteiger partial charge in [0.1, 0.15) is 5.00 Å². The first-order valence-corrected chi connectivity index (χ1v) is 9.02. The lowest BCUT2D eigenvalue weighted by Crippen LogP contribution is -2.35. The van der Waals surface area contributed by atoms with E-state index in [-0.39, 0.29) is 5.97 Å². The molecule has 1 aromatic rings. The molecule has 2 N–H and O–H groups in total. The van der Waals surface area contributed by atoms with Crippen LogP contribution in [0.1, 0.15) is 61.7 Å². The molecule has 1 unspecified atom stereocenters. The van der Waals surface area contributed by atoms with Crippen molar-refractivity contribution in [1.29, 1.82) is 0 Å². The van der Waals surface area contributed by atoms with Gasteiger partial charge in [0.05, 0.1) is 12.7 Å². The predicted molar refractivity (Wildman–Crippen MR) is 98.0 cm³/mol. The van der Waals surface area contributed by atoms with Gasteiger partial charge in [0.15, 0.2) is 5.11 Å². The third kappa shape index (κ3) is 5.93. The molecule has 0 aliphatic rings. The minimum Gasteiger partial charge on any atom is -0.465 e. The van der Waals surface area contributed by atoms with Crippen molar-refractivity contribution in [3.8, 4) is 0 Å². The molecule has 0 bridgehead atoms. The number of aryl methyl sites for hydroxylation is 1. The van der Waals surface area contributed by atoms with Gasteiger partial charge in [-0.15, -0.1) is 11.3 Å². The van der Waals surface area contributed by atoms with Crippen molar-refractivity contribution < 1.29 is 9.53 Å². The van der Waals surface area contributed by atoms with E-state index in [0.29, 0.717) is 16.7 Å². The second kappa shape index (κ2) is 9.79. The molecule has 4 nitrogen and oxygen atoms in total. The highest BCUT2D eigenvalue weighted by atomic mass is 32.1. The number of thiocarbonyl (C=S) groups is 1. The van der Waals surface area contributed by atoms with Crippen LogP contribution in [0.5, 0.6) is 0 Å². The fourth-order valence-electron chi connectivity index (χ4n) is 2.11. The second-order valence-corrected chi connectivity index (χ2v) is 6.84. The van der Waals surface area contributed by atoms with Crippen molar-refractivity contribution in [2.45, 2.75) is 58.9 Å². The Bertz CT molecular complexity index is 500. The zero-order valence-electron chi connectivity index (χ0n) is 13.8. The molecule has 1 rings (SSSR count). The van der Waals surface area contributed by atoms with Crippen molar-refractivity contribution in [3.63, 3.8) is 0 Å². The van der Waals surface area contributed by atoms with Crippen LogP contribution in [0.2, 0.25) is 0 Å². The number of esters is 1. The van der Waals surface area contributed by atoms with Gasteiger partial charge < -0.3 is 15.4 Å². The van der Waals surface area contributed by atoms with E-state index in [1.165, 1.54) is 26.4 Å². The van der Waals surface area contributed by atoms with E-state index in [1.807, 2.05) is 6.07 Å². The Morgan fingerprint density at radius 2 is 2.14 bits per heavy atom. The highest BCUT2D eigenvalue weighted by Gasteiger charge is 2.17. The van der Waals surface area contributed by atoms with Crippen LogP contribution in [-0.2, 0) is 11.2 Å². The van der Waals surface area contributed by atoms with Gasteiger partial charge in [-0.05, 0) is 38.0 Å². The minimum atomic E-state index is -0.336. The molecule has 0 aliphatic heterocycles. The fourth-order valence-corrected chi connectivity index (χ4v) is 3.46. The van der Waals surface area contributed by atoms with Gasteiger partial charge in [-0.1, -0.05) is 33.1 Å². The Balaban J connectivity index is 2.63. The maximum Gasteiger partial charge on any atom is 0.340 e. The fraction of sp³-hybridized carbons (Fsp3) is 0.625. The zero-order chi connectivity index (χ0) is 16.5. The van der Waals surface area contributed by atoms with Gasteiger partial charge in [0, 0.05) is 10.9 Å². The number of rotatable bonds is 8. The lowest BCUT2D eigenvalue weighted by molar-refractivity contribution is 0.0602. The van der Waals surface area contributed by atoms with Crippen LogP contribution < -0.4 is 10.6 Å². The number of carbonyl (C=O) groups is 1. The zero-order valence-corrected chi connectivity index (χ0v) is 15.5. The summed E-state index contributed by atoms with van der Waals surface area (Å²) in [7, 11) is 1.39. The summed E-state index contributed by atoms with van der Waals surface area (Å²) >= 11 is 6.89. The number of hydrogen-bond donors (Lipinski definition) is 2. The van der Waals surface area contributed by atoms with Crippen molar-refractivity contribution in [3.05, 3.63) is 16.5 Å². The van der Waals surface area contributed by atoms with E-state index in [1.54, 1.807) is 11.3 Å². The van der Waals surface area contributed by atoms with E-state index >= 15 is 0 Å². The molecule has 0 fully saturated rings. The molecule has 0 aromatic carbocycles. The van der Waals surface area contributed by atoms with Crippen LogP contribution in [0.4, 0.5) is 5.00 Å². The summed E-state index contributed by atoms with van der Waals surface area (Å²) in [4.78, 5) is 12.9. The van der Waals surface area contributed by atoms with Crippen LogP contribution >= 0.6 is 23.6 Å². The number of hydrogen-bond acceptors (Lipinski definition) is 4. The quantitative estimate of drug-likeness (QED) is 0.418. The smallest absolute Gasteiger partial charge is 0.340 e. The molecule has 0 spiro atoms. The largest absolute Gasteiger partial charge is 0.465 e. The first kappa shape index (κ1) is 18.9. The summed E-state index contributed by atoms with van der Waals surface area (Å²) in [6, 6.07) is 2.19. The van der Waals surface area contributed by atoms with Gasteiger partial charge in [-0.3, -0.25) is 0 Å². The van der Waals surface area contributed by atoms with E-state index in [9.17, 15) is 4.79 Å². The number of methoxy groups -OCH3 is 1. The lowest BCUT2D eigenvalue weighted by Gasteiger charge is -2.16. The maximum atomic E-state index is 11.8. The number of nitrogens with one attached hydrogen (secondary N) is 2. The van der Waals surface area contributed by atoms with Gasteiger partial charge in [0.25, 0.3) is 0 Å². The summed E-state index contributed by atoms with van der Waals surface area (Å²) in [5, 5.41) is 7.72. The van der Waals surface area contributed by atoms with E-state index in [4.69, 9.17) is 17.0 Å². The number of ether oxygens (including phenoxy) is 1. The number of anilines is 1. The normalized spacial score (nSPS) is 11.8. The molecule has 1 heterocycles. The van der Waals surface area contributed by atoms with Gasteiger partial charge in [0.2, 0.25) is 0 Å². The molecule has 0 saturated carbocycles. The summed E-state index contributed by atoms with van der Waals surface area (Å²) in [6.07, 6.45) is 5.62. The number of carbonyl (C=O) groups excluding carboxylic acids is 1. The van der Waals surface area contributed by atoms with Crippen molar-refractivity contribution >= 4 is 39.6 Å². The lowest BCUT2D eigenvalue weighted by atomic mass is 10.1. The van der Waals surface area contributed by atoms with Crippen molar-refractivity contribution in [2.75, 3.05) is 12.4 Å². The Morgan fingerprint density at radius 3 is 2.73 bits per heavy atom. The topological polar surface area (TPSA) is 50.4 Å². The molecule has 22 heavy (non-hydrogen) atoms. The molecule has 1 aromatic heterocycles. The standard InChI is InChI=1S/C16H26N2O2S2/c1-5-7-8-9-11(3)17-16(21)18-14-13(15(19)20-4)10-12(6-2)22-14/h10-11H,5-9H2,1-4H3,(H2,17,18,21). The molecule has 6 heteroatoms. The Labute approximate surface area is 142 Å². The molecule has 0 aliphatic carbocycles. The third-order valence-corrected chi connectivity index (χ3v) is 4.80. The average Bonchev–Trinajstić information content (AvgIpc) is 2.89. The average molecular weight is 343 g/mol. The third-order valence-electron chi connectivity index (χ3n) is 3.38. The van der Waals surface area contributed by atoms with Gasteiger partial charge in [-0.25, -0.2) is 4.79 Å². The van der Waals surface area contributed by atoms with E-state index < -0.39 is 0 Å². The summed E-state index contributed by atoms with van der Waals surface area (Å²) in [5.74, 6) is -0.336. The van der Waals surface area contributed by atoms with Crippen LogP contribution in [-0.4, -0.2) is 24.2 Å². The van der Waals surface area contributed by atoms with Crippen LogP contribution in [0.3, 0.4) is 0 Å². The van der Waals surface area contributed by atoms with E-state index in [2.05, 4.69) is 31.4 Å². The number of unbranched alkanes of at least 4 members (excludes halogenated alkanes) is 2. The highest BCUT2D eigenvalue weighted by molar-refractivity contribution is 7.80. The monoisotopic (exact) mass is 342 g/mol. The summed E-state index contributed by atoms with van der Waals surface area (Å²) in [6.45, 7) is 6.38. The molecule has 0 saturated heterocycles. The summed E-state index contributed by atoms with van der Waals surface area (Å²) < 4.78 is 4.83. The van der Waals surface area contributed by atoms with Crippen molar-refractivity contribution in [1.82, 2.24) is 5.32 Å².